The minimum absolute atomic E-state index is 0.00347. The summed E-state index contributed by atoms with van der Waals surface area (Å²) in [6.07, 6.45) is 3.16. The van der Waals surface area contributed by atoms with Crippen molar-refractivity contribution < 1.29 is 19.2 Å². The molecule has 0 unspecified atom stereocenters. The summed E-state index contributed by atoms with van der Waals surface area (Å²) in [7, 11) is 1.51. The molecule has 0 aliphatic carbocycles. The van der Waals surface area contributed by atoms with Crippen molar-refractivity contribution in [1.82, 2.24) is 10.6 Å². The van der Waals surface area contributed by atoms with Crippen molar-refractivity contribution in [3.8, 4) is 0 Å². The summed E-state index contributed by atoms with van der Waals surface area (Å²) >= 11 is 0. The maximum Gasteiger partial charge on any atom is 0.227 e. The number of amides is 2. The largest absolute Gasteiger partial charge is 0.359 e. The van der Waals surface area contributed by atoms with Gasteiger partial charge in [-0.3, -0.25) is 14.4 Å². The van der Waals surface area contributed by atoms with Crippen molar-refractivity contribution in [3.63, 3.8) is 0 Å². The van der Waals surface area contributed by atoms with Crippen LogP contribution in [0.15, 0.2) is 72.8 Å². The third kappa shape index (κ3) is 79.4. The van der Waals surface area contributed by atoms with Gasteiger partial charge in [-0.15, -0.1) is 0 Å². The molecular weight excluding hydrogens is 464 g/mol. The normalized spacial score (nSPS) is 7.62. The van der Waals surface area contributed by atoms with Gasteiger partial charge >= 0.3 is 0 Å². The fourth-order valence-electron chi connectivity index (χ4n) is 1.33. The van der Waals surface area contributed by atoms with Crippen molar-refractivity contribution in [2.45, 2.75) is 88.0 Å². The molecule has 2 N–H and O–H groups in total. The van der Waals surface area contributed by atoms with Crippen LogP contribution < -0.4 is 10.6 Å². The van der Waals surface area contributed by atoms with Crippen LogP contribution >= 0.6 is 0 Å². The summed E-state index contributed by atoms with van der Waals surface area (Å²) in [4.78, 5) is 40.2. The average molecular weight is 519 g/mol. The van der Waals surface area contributed by atoms with Gasteiger partial charge in [-0.1, -0.05) is 120 Å². The first-order valence-corrected chi connectivity index (χ1v) is 13.0. The molecule has 0 saturated heterocycles. The molecule has 2 aromatic carbocycles. The highest BCUT2D eigenvalue weighted by Crippen LogP contribution is 1.80. The number of ketones is 2. The van der Waals surface area contributed by atoms with Crippen LogP contribution in [-0.2, 0) is 19.2 Å². The minimum Gasteiger partial charge on any atom is -0.359 e. The smallest absolute Gasteiger partial charge is 0.227 e. The minimum atomic E-state index is -0.225. The van der Waals surface area contributed by atoms with Crippen LogP contribution in [0.2, 0.25) is 0 Å². The summed E-state index contributed by atoms with van der Waals surface area (Å²) in [6.45, 7) is 17.4. The van der Waals surface area contributed by atoms with Gasteiger partial charge in [-0.05, 0) is 20.8 Å². The fourth-order valence-corrected chi connectivity index (χ4v) is 1.33. The van der Waals surface area contributed by atoms with E-state index < -0.39 is 0 Å². The summed E-state index contributed by atoms with van der Waals surface area (Å²) in [5, 5.41) is 4.91. The number of carbonyl (C=O) groups excluding carboxylic acids is 4. The van der Waals surface area contributed by atoms with Crippen molar-refractivity contribution in [1.29, 1.82) is 0 Å². The maximum absolute atomic E-state index is 10.3. The number of hydrogen-bond acceptors (Lipinski definition) is 4. The molecule has 0 bridgehead atoms. The van der Waals surface area contributed by atoms with E-state index in [4.69, 9.17) is 0 Å². The second-order valence-electron chi connectivity index (χ2n) is 7.42. The lowest BCUT2D eigenvalue weighted by atomic mass is 10.3. The van der Waals surface area contributed by atoms with Gasteiger partial charge in [0, 0.05) is 26.9 Å². The molecule has 0 aliphatic heterocycles. The fraction of sp³-hybridized carbons (Fsp3) is 0.484. The second-order valence-corrected chi connectivity index (χ2v) is 7.42. The van der Waals surface area contributed by atoms with E-state index in [1.807, 2.05) is 86.6 Å². The molecule has 37 heavy (non-hydrogen) atoms. The Hall–Kier alpha value is -3.28. The first-order chi connectivity index (χ1) is 17.5. The molecule has 0 heterocycles. The highest BCUT2D eigenvalue weighted by atomic mass is 16.2. The molecule has 6 nitrogen and oxygen atoms in total. The van der Waals surface area contributed by atoms with Gasteiger partial charge in [0.2, 0.25) is 11.8 Å². The van der Waals surface area contributed by atoms with E-state index >= 15 is 0 Å². The average Bonchev–Trinajstić information content (AvgIpc) is 2.88. The molecule has 0 aliphatic rings. The molecule has 2 rings (SSSR count). The Bertz CT molecular complexity index is 619. The van der Waals surface area contributed by atoms with Crippen LogP contribution in [0.1, 0.15) is 88.0 Å². The zero-order chi connectivity index (χ0) is 29.7. The molecule has 6 heteroatoms. The van der Waals surface area contributed by atoms with E-state index in [1.54, 1.807) is 6.92 Å². The number of rotatable bonds is 4. The predicted octanol–water partition coefficient (Wildman–Crippen LogP) is 7.05. The number of hydrogen-bond donors (Lipinski definition) is 2. The molecule has 0 atom stereocenters. The van der Waals surface area contributed by atoms with E-state index in [-0.39, 0.29) is 29.8 Å². The topological polar surface area (TPSA) is 92.3 Å². The first kappa shape index (κ1) is 43.8. The van der Waals surface area contributed by atoms with Gasteiger partial charge in [-0.25, -0.2) is 0 Å². The number of benzene rings is 2. The SMILES string of the molecule is CCC.CCC.CCC(C)=O.CCNC(C)=O.CNC(=O)CC(C)=O.c1ccccc1.c1ccccc1. The van der Waals surface area contributed by atoms with Gasteiger partial charge in [0.05, 0.1) is 6.42 Å². The zero-order valence-electron chi connectivity index (χ0n) is 25.1. The van der Waals surface area contributed by atoms with Crippen LogP contribution in [0.3, 0.4) is 0 Å². The van der Waals surface area contributed by atoms with Gasteiger partial charge in [0.15, 0.2) is 0 Å². The standard InChI is InChI=1S/2C6H6.C5H9NO2.C4H9NO.C4H8O.2C3H8/c2*1-2-4-6-5-3-1;1-4(7)3-5(8)6-2;1-3-5-4(2)6;1-3-4(2)5;2*1-3-2/h2*1-6H;3H2,1-2H3,(H,6,8);3H2,1-2H3,(H,5,6);3H2,1-2H3;2*3H2,1-2H3. The first-order valence-electron chi connectivity index (χ1n) is 13.0. The van der Waals surface area contributed by atoms with Crippen LogP contribution in [0.5, 0.6) is 0 Å². The number of carbonyl (C=O) groups is 4. The Labute approximate surface area is 227 Å². The predicted molar refractivity (Wildman–Crippen MR) is 160 cm³/mol. The van der Waals surface area contributed by atoms with Crippen LogP contribution in [0, 0.1) is 0 Å². The Morgan fingerprint density at radius 1 is 0.541 bits per heavy atom. The van der Waals surface area contributed by atoms with E-state index in [1.165, 1.54) is 33.7 Å². The van der Waals surface area contributed by atoms with Crippen molar-refractivity contribution in [2.24, 2.45) is 0 Å². The Morgan fingerprint density at radius 3 is 0.838 bits per heavy atom. The molecule has 212 valence electrons. The molecular formula is C31H54N2O4. The molecule has 0 aromatic heterocycles. The second kappa shape index (κ2) is 42.8. The van der Waals surface area contributed by atoms with Crippen LogP contribution in [0.25, 0.3) is 0 Å². The zero-order valence-corrected chi connectivity index (χ0v) is 25.1. The molecule has 0 spiro atoms. The maximum atomic E-state index is 10.3. The van der Waals surface area contributed by atoms with Gasteiger partial charge in [0.25, 0.3) is 0 Å². The van der Waals surface area contributed by atoms with E-state index in [2.05, 4.69) is 38.3 Å². The van der Waals surface area contributed by atoms with E-state index in [9.17, 15) is 19.2 Å². The van der Waals surface area contributed by atoms with Crippen molar-refractivity contribution in [2.75, 3.05) is 13.6 Å². The lowest BCUT2D eigenvalue weighted by Crippen LogP contribution is -2.19. The molecule has 0 fully saturated rings. The van der Waals surface area contributed by atoms with Crippen LogP contribution in [-0.4, -0.2) is 37.0 Å². The summed E-state index contributed by atoms with van der Waals surface area (Å²) < 4.78 is 0. The summed E-state index contributed by atoms with van der Waals surface area (Å²) in [5.41, 5.74) is 0. The molecule has 2 aromatic rings. The Morgan fingerprint density at radius 2 is 0.784 bits per heavy atom. The third-order valence-electron chi connectivity index (χ3n) is 2.95. The highest BCUT2D eigenvalue weighted by molar-refractivity contribution is 5.96. The van der Waals surface area contributed by atoms with Crippen LogP contribution in [0.4, 0.5) is 0 Å². The van der Waals surface area contributed by atoms with Gasteiger partial charge < -0.3 is 15.4 Å². The molecule has 0 radical (unpaired) electrons. The lowest BCUT2D eigenvalue weighted by Gasteiger charge is -1.91. The van der Waals surface area contributed by atoms with Crippen molar-refractivity contribution >= 4 is 23.4 Å². The van der Waals surface area contributed by atoms with Crippen molar-refractivity contribution in [3.05, 3.63) is 72.8 Å². The van der Waals surface area contributed by atoms with Gasteiger partial charge in [-0.2, -0.15) is 0 Å². The lowest BCUT2D eigenvalue weighted by molar-refractivity contribution is -0.127. The van der Waals surface area contributed by atoms with E-state index in [0.717, 1.165) is 6.54 Å². The number of Topliss-reactive ketones (excluding diaryl/α,β-unsaturated/α-hetero) is 2. The molecule has 0 saturated carbocycles. The summed E-state index contributed by atoms with van der Waals surface area (Å²) in [6, 6.07) is 24.0. The third-order valence-corrected chi connectivity index (χ3v) is 2.95. The quantitative estimate of drug-likeness (QED) is 0.424. The Kier molecular flexibility index (Phi) is 50.7. The summed E-state index contributed by atoms with van der Waals surface area (Å²) in [5.74, 6) is -0.0376. The highest BCUT2D eigenvalue weighted by Gasteiger charge is 1.99. The Balaban J connectivity index is -0.000000110. The monoisotopic (exact) mass is 518 g/mol. The number of nitrogens with one attached hydrogen (secondary N) is 2. The van der Waals surface area contributed by atoms with E-state index in [0.29, 0.717) is 6.42 Å². The molecule has 2 amide bonds. The van der Waals surface area contributed by atoms with Gasteiger partial charge in [0.1, 0.15) is 11.6 Å².